The number of hydrazine groups is 1. The number of hydrogen-bond donors (Lipinski definition) is 2. The highest BCUT2D eigenvalue weighted by Gasteiger charge is 2.16. The lowest BCUT2D eigenvalue weighted by Gasteiger charge is -2.08. The van der Waals surface area contributed by atoms with Crippen LogP contribution in [0.15, 0.2) is 42.0 Å². The van der Waals surface area contributed by atoms with Gasteiger partial charge in [-0.3, -0.25) is 10.2 Å². The second-order valence-corrected chi connectivity index (χ2v) is 5.49. The smallest absolute Gasteiger partial charge is 0.262 e. The second-order valence-electron chi connectivity index (χ2n) is 5.49. The molecule has 2 N–H and O–H groups in total. The fraction of sp³-hybridized carbons (Fsp3) is 0.278. The summed E-state index contributed by atoms with van der Waals surface area (Å²) in [5.41, 5.74) is 8.76. The lowest BCUT2D eigenvalue weighted by atomic mass is 9.97. The molecule has 1 fully saturated rings. The first-order valence-corrected chi connectivity index (χ1v) is 7.53. The maximum atomic E-state index is 11.7. The van der Waals surface area contributed by atoms with E-state index in [0.29, 0.717) is 6.54 Å². The van der Waals surface area contributed by atoms with E-state index in [-0.39, 0.29) is 5.91 Å². The predicted octanol–water partition coefficient (Wildman–Crippen LogP) is 3.20. The van der Waals surface area contributed by atoms with Gasteiger partial charge in [-0.05, 0) is 40.8 Å². The Hall–Kier alpha value is -2.13. The fourth-order valence-electron chi connectivity index (χ4n) is 2.73. The molecule has 2 aromatic rings. The van der Waals surface area contributed by atoms with Crippen LogP contribution in [0.5, 0.6) is 0 Å². The average Bonchev–Trinajstić information content (AvgIpc) is 2.90. The standard InChI is InChI=1S/C18H20N2O/c1-2-3-6-13-9-14-7-4-5-8-17(14)15(10-13)11-16-12-19-20-18(16)21/h4-5,7-11,19H,2-3,6,12H2,1H3,(H,20,21)/b16-11+. The number of rotatable bonds is 4. The van der Waals surface area contributed by atoms with Crippen molar-refractivity contribution in [3.05, 3.63) is 53.1 Å². The molecule has 0 spiro atoms. The Morgan fingerprint density at radius 2 is 2.10 bits per heavy atom. The molecule has 0 unspecified atom stereocenters. The summed E-state index contributed by atoms with van der Waals surface area (Å²) in [4.78, 5) is 11.7. The van der Waals surface area contributed by atoms with Crippen LogP contribution in [-0.4, -0.2) is 12.5 Å². The van der Waals surface area contributed by atoms with Crippen LogP contribution in [0.4, 0.5) is 0 Å². The van der Waals surface area contributed by atoms with Crippen molar-refractivity contribution in [3.8, 4) is 0 Å². The molecule has 0 aromatic heterocycles. The van der Waals surface area contributed by atoms with Crippen LogP contribution in [0.2, 0.25) is 0 Å². The number of aryl methyl sites for hydroxylation is 1. The number of nitrogens with one attached hydrogen (secondary N) is 2. The quantitative estimate of drug-likeness (QED) is 0.844. The van der Waals surface area contributed by atoms with Crippen molar-refractivity contribution in [2.45, 2.75) is 26.2 Å². The molecule has 21 heavy (non-hydrogen) atoms. The summed E-state index contributed by atoms with van der Waals surface area (Å²) < 4.78 is 0. The molecular formula is C18H20N2O. The number of benzene rings is 2. The van der Waals surface area contributed by atoms with Crippen LogP contribution in [0.3, 0.4) is 0 Å². The number of fused-ring (bicyclic) bond motifs is 1. The zero-order valence-electron chi connectivity index (χ0n) is 12.3. The summed E-state index contributed by atoms with van der Waals surface area (Å²) in [6.07, 6.45) is 5.47. The number of amides is 1. The van der Waals surface area contributed by atoms with Crippen molar-refractivity contribution in [1.82, 2.24) is 10.9 Å². The molecule has 0 aliphatic carbocycles. The van der Waals surface area contributed by atoms with Gasteiger partial charge in [0.1, 0.15) is 0 Å². The van der Waals surface area contributed by atoms with E-state index in [1.54, 1.807) is 0 Å². The maximum absolute atomic E-state index is 11.7. The van der Waals surface area contributed by atoms with Crippen molar-refractivity contribution in [1.29, 1.82) is 0 Å². The van der Waals surface area contributed by atoms with Gasteiger partial charge in [0.2, 0.25) is 0 Å². The van der Waals surface area contributed by atoms with E-state index in [1.165, 1.54) is 29.2 Å². The van der Waals surface area contributed by atoms with Crippen molar-refractivity contribution >= 4 is 22.8 Å². The van der Waals surface area contributed by atoms with Crippen molar-refractivity contribution in [2.75, 3.05) is 6.54 Å². The first kappa shape index (κ1) is 13.8. The lowest BCUT2D eigenvalue weighted by molar-refractivity contribution is -0.116. The van der Waals surface area contributed by atoms with Crippen LogP contribution in [0, 0.1) is 0 Å². The molecule has 1 amide bonds. The fourth-order valence-corrected chi connectivity index (χ4v) is 2.73. The van der Waals surface area contributed by atoms with Gasteiger partial charge in [-0.15, -0.1) is 0 Å². The van der Waals surface area contributed by atoms with Gasteiger partial charge >= 0.3 is 0 Å². The number of carbonyl (C=O) groups is 1. The van der Waals surface area contributed by atoms with E-state index in [0.717, 1.165) is 17.6 Å². The number of unbranched alkanes of at least 4 members (excludes halogenated alkanes) is 1. The van der Waals surface area contributed by atoms with Crippen LogP contribution in [0.1, 0.15) is 30.9 Å². The molecule has 108 valence electrons. The van der Waals surface area contributed by atoms with Gasteiger partial charge in [-0.25, -0.2) is 5.43 Å². The third-order valence-electron chi connectivity index (χ3n) is 3.87. The maximum Gasteiger partial charge on any atom is 0.262 e. The molecule has 3 heteroatoms. The largest absolute Gasteiger partial charge is 0.287 e. The zero-order valence-corrected chi connectivity index (χ0v) is 12.3. The molecule has 3 nitrogen and oxygen atoms in total. The number of carbonyl (C=O) groups excluding carboxylic acids is 1. The highest BCUT2D eigenvalue weighted by molar-refractivity contribution is 6.02. The summed E-state index contributed by atoms with van der Waals surface area (Å²) in [5, 5.41) is 2.44. The minimum absolute atomic E-state index is 0.0296. The first-order valence-electron chi connectivity index (χ1n) is 7.53. The highest BCUT2D eigenvalue weighted by atomic mass is 16.2. The van der Waals surface area contributed by atoms with Crippen LogP contribution < -0.4 is 10.9 Å². The third-order valence-corrected chi connectivity index (χ3v) is 3.87. The van der Waals surface area contributed by atoms with E-state index >= 15 is 0 Å². The Kier molecular flexibility index (Phi) is 4.02. The summed E-state index contributed by atoms with van der Waals surface area (Å²) in [6.45, 7) is 2.78. The van der Waals surface area contributed by atoms with Crippen molar-refractivity contribution in [3.63, 3.8) is 0 Å². The van der Waals surface area contributed by atoms with Gasteiger partial charge in [0.15, 0.2) is 0 Å². The minimum Gasteiger partial charge on any atom is -0.287 e. The van der Waals surface area contributed by atoms with E-state index in [4.69, 9.17) is 0 Å². The summed E-state index contributed by atoms with van der Waals surface area (Å²) in [5.74, 6) is -0.0296. The molecule has 1 heterocycles. The van der Waals surface area contributed by atoms with E-state index < -0.39 is 0 Å². The Morgan fingerprint density at radius 3 is 2.86 bits per heavy atom. The van der Waals surface area contributed by atoms with E-state index in [1.807, 2.05) is 12.1 Å². The molecule has 3 rings (SSSR count). The monoisotopic (exact) mass is 280 g/mol. The highest BCUT2D eigenvalue weighted by Crippen LogP contribution is 2.24. The van der Waals surface area contributed by atoms with Crippen LogP contribution in [-0.2, 0) is 11.2 Å². The Labute approximate surface area is 125 Å². The molecule has 0 atom stereocenters. The SMILES string of the molecule is CCCCc1cc(/C=C2\CNNC2=O)c2ccccc2c1. The van der Waals surface area contributed by atoms with Gasteiger partial charge in [-0.1, -0.05) is 49.7 Å². The van der Waals surface area contributed by atoms with Gasteiger partial charge in [0.05, 0.1) is 0 Å². The van der Waals surface area contributed by atoms with E-state index in [2.05, 4.69) is 48.1 Å². The Bertz CT molecular complexity index is 703. The van der Waals surface area contributed by atoms with Gasteiger partial charge in [0.25, 0.3) is 5.91 Å². The lowest BCUT2D eigenvalue weighted by Crippen LogP contribution is -2.25. The predicted molar refractivity (Wildman–Crippen MR) is 86.7 cm³/mol. The van der Waals surface area contributed by atoms with Gasteiger partial charge < -0.3 is 0 Å². The summed E-state index contributed by atoms with van der Waals surface area (Å²) >= 11 is 0. The Balaban J connectivity index is 2.08. The van der Waals surface area contributed by atoms with Crippen LogP contribution >= 0.6 is 0 Å². The molecule has 2 aromatic carbocycles. The van der Waals surface area contributed by atoms with Crippen molar-refractivity contribution < 1.29 is 4.79 Å². The summed E-state index contributed by atoms with van der Waals surface area (Å²) in [7, 11) is 0. The number of hydrogen-bond acceptors (Lipinski definition) is 2. The molecule has 1 aliphatic rings. The molecule has 1 saturated heterocycles. The van der Waals surface area contributed by atoms with Gasteiger partial charge in [-0.2, -0.15) is 0 Å². The minimum atomic E-state index is -0.0296. The normalized spacial score (nSPS) is 16.6. The average molecular weight is 280 g/mol. The van der Waals surface area contributed by atoms with Crippen molar-refractivity contribution in [2.24, 2.45) is 0 Å². The third kappa shape index (κ3) is 2.98. The summed E-state index contributed by atoms with van der Waals surface area (Å²) in [6, 6.07) is 12.8. The topological polar surface area (TPSA) is 41.1 Å². The van der Waals surface area contributed by atoms with Crippen LogP contribution in [0.25, 0.3) is 16.8 Å². The van der Waals surface area contributed by atoms with Gasteiger partial charge in [0, 0.05) is 12.1 Å². The van der Waals surface area contributed by atoms with E-state index in [9.17, 15) is 4.79 Å². The second kappa shape index (κ2) is 6.10. The molecule has 0 radical (unpaired) electrons. The Morgan fingerprint density at radius 1 is 1.24 bits per heavy atom. The zero-order chi connectivity index (χ0) is 14.7. The molecule has 1 aliphatic heterocycles. The molecular weight excluding hydrogens is 260 g/mol. The molecule has 0 bridgehead atoms. The molecule has 0 saturated carbocycles. The first-order chi connectivity index (χ1) is 10.3.